The normalized spacial score (nSPS) is 12.6. The van der Waals surface area contributed by atoms with Gasteiger partial charge in [-0.1, -0.05) is 24.3 Å². The second kappa shape index (κ2) is 13.1. The van der Waals surface area contributed by atoms with E-state index in [1.54, 1.807) is 7.11 Å². The zero-order valence-electron chi connectivity index (χ0n) is 19.0. The number of nitrogens with one attached hydrogen (secondary N) is 2. The number of ether oxygens (including phenoxy) is 2. The molecule has 0 saturated heterocycles. The van der Waals surface area contributed by atoms with Gasteiger partial charge in [0.15, 0.2) is 17.5 Å². The highest BCUT2D eigenvalue weighted by molar-refractivity contribution is 14.0. The molecule has 0 atom stereocenters. The van der Waals surface area contributed by atoms with Crippen LogP contribution in [0.25, 0.3) is 0 Å². The molecule has 7 nitrogen and oxygen atoms in total. The first kappa shape index (κ1) is 25.8. The molecule has 0 aromatic heterocycles. The lowest BCUT2D eigenvalue weighted by Crippen LogP contribution is -2.31. The van der Waals surface area contributed by atoms with E-state index in [1.165, 1.54) is 11.1 Å². The molecule has 0 unspecified atom stereocenters. The van der Waals surface area contributed by atoms with Crippen molar-refractivity contribution in [2.24, 2.45) is 4.99 Å². The largest absolute Gasteiger partial charge is 0.493 e. The maximum absolute atomic E-state index is 12.6. The molecule has 0 fully saturated rings. The summed E-state index contributed by atoms with van der Waals surface area (Å²) >= 11 is 0. The topological polar surface area (TPSA) is 75.2 Å². The van der Waals surface area contributed by atoms with Crippen molar-refractivity contribution in [1.29, 1.82) is 0 Å². The van der Waals surface area contributed by atoms with E-state index in [1.807, 2.05) is 49.1 Å². The zero-order chi connectivity index (χ0) is 22.1. The van der Waals surface area contributed by atoms with Crippen molar-refractivity contribution in [3.05, 3.63) is 53.6 Å². The van der Waals surface area contributed by atoms with Gasteiger partial charge in [-0.15, -0.1) is 24.0 Å². The highest BCUT2D eigenvalue weighted by Gasteiger charge is 2.22. The molecule has 8 heteroatoms. The second-order valence-corrected chi connectivity index (χ2v) is 7.31. The number of halogens is 1. The fraction of sp³-hybridized carbons (Fsp3) is 0.417. The van der Waals surface area contributed by atoms with Crippen LogP contribution in [-0.4, -0.2) is 43.6 Å². The van der Waals surface area contributed by atoms with E-state index in [0.717, 1.165) is 12.2 Å². The molecule has 3 rings (SSSR count). The average Bonchev–Trinajstić information content (AvgIpc) is 3.21. The van der Waals surface area contributed by atoms with Crippen LogP contribution in [0.2, 0.25) is 0 Å². The van der Waals surface area contributed by atoms with E-state index in [4.69, 9.17) is 9.47 Å². The summed E-state index contributed by atoms with van der Waals surface area (Å²) in [5, 5.41) is 6.53. The van der Waals surface area contributed by atoms with Gasteiger partial charge in [0.2, 0.25) is 5.91 Å². The molecule has 0 saturated carbocycles. The van der Waals surface area contributed by atoms with Crippen molar-refractivity contribution < 1.29 is 14.3 Å². The monoisotopic (exact) mass is 552 g/mol. The molecule has 1 aliphatic rings. The van der Waals surface area contributed by atoms with E-state index in [-0.39, 0.29) is 29.9 Å². The Kier molecular flexibility index (Phi) is 10.6. The van der Waals surface area contributed by atoms with E-state index in [2.05, 4.69) is 27.8 Å². The number of benzene rings is 2. The Labute approximate surface area is 207 Å². The van der Waals surface area contributed by atoms with Gasteiger partial charge in [-0.25, -0.2) is 0 Å². The Hall–Kier alpha value is -2.49. The molecule has 0 aliphatic carbocycles. The third-order valence-corrected chi connectivity index (χ3v) is 5.08. The maximum atomic E-state index is 12.6. The van der Waals surface area contributed by atoms with Gasteiger partial charge in [0.05, 0.1) is 13.7 Å². The summed E-state index contributed by atoms with van der Waals surface area (Å²) in [4.78, 5) is 19.1. The van der Waals surface area contributed by atoms with Crippen molar-refractivity contribution in [1.82, 2.24) is 10.2 Å². The second-order valence-electron chi connectivity index (χ2n) is 7.31. The summed E-state index contributed by atoms with van der Waals surface area (Å²) in [6.07, 6.45) is 1.20. The molecule has 32 heavy (non-hydrogen) atoms. The van der Waals surface area contributed by atoms with Crippen LogP contribution in [0.15, 0.2) is 47.5 Å². The van der Waals surface area contributed by atoms with Crippen molar-refractivity contribution >= 4 is 41.5 Å². The highest BCUT2D eigenvalue weighted by Crippen LogP contribution is 2.30. The summed E-state index contributed by atoms with van der Waals surface area (Å²) in [6, 6.07) is 13.9. The van der Waals surface area contributed by atoms with Gasteiger partial charge >= 0.3 is 0 Å². The van der Waals surface area contributed by atoms with Crippen LogP contribution in [0.4, 0.5) is 5.69 Å². The fourth-order valence-corrected chi connectivity index (χ4v) is 3.56. The number of anilines is 1. The van der Waals surface area contributed by atoms with Crippen LogP contribution in [0.5, 0.6) is 11.5 Å². The highest BCUT2D eigenvalue weighted by atomic mass is 127. The van der Waals surface area contributed by atoms with Gasteiger partial charge in [0.1, 0.15) is 0 Å². The average molecular weight is 552 g/mol. The van der Waals surface area contributed by atoms with Crippen LogP contribution in [-0.2, 0) is 17.9 Å². The first-order valence-corrected chi connectivity index (χ1v) is 10.8. The molecule has 174 valence electrons. The number of carbonyl (C=O) groups excluding carboxylic acids is 1. The molecule has 1 heterocycles. The summed E-state index contributed by atoms with van der Waals surface area (Å²) < 4.78 is 11.0. The number of carbonyl (C=O) groups is 1. The quantitative estimate of drug-likeness (QED) is 0.209. The van der Waals surface area contributed by atoms with Gasteiger partial charge < -0.3 is 25.0 Å². The molecule has 1 amide bonds. The fourth-order valence-electron chi connectivity index (χ4n) is 3.56. The number of nitrogens with zero attached hydrogens (tertiary/aromatic N) is 2. The van der Waals surface area contributed by atoms with Crippen molar-refractivity contribution in [3.8, 4) is 11.5 Å². The van der Waals surface area contributed by atoms with Crippen molar-refractivity contribution in [2.45, 2.75) is 39.8 Å². The molecule has 2 N–H and O–H groups in total. The minimum absolute atomic E-state index is 0. The molecule has 1 aliphatic heterocycles. The lowest BCUT2D eigenvalue weighted by atomic mass is 10.1. The van der Waals surface area contributed by atoms with Crippen LogP contribution >= 0.6 is 24.0 Å². The predicted molar refractivity (Wildman–Crippen MR) is 139 cm³/mol. The Balaban J connectivity index is 0.00000363. The summed E-state index contributed by atoms with van der Waals surface area (Å²) in [7, 11) is 1.62. The number of hydrogen-bond acceptors (Lipinski definition) is 4. The van der Waals surface area contributed by atoms with Crippen LogP contribution in [0, 0.1) is 0 Å². The van der Waals surface area contributed by atoms with Crippen LogP contribution in [0.1, 0.15) is 37.8 Å². The van der Waals surface area contributed by atoms with Gasteiger partial charge in [0, 0.05) is 44.4 Å². The predicted octanol–water partition coefficient (Wildman–Crippen LogP) is 4.41. The SMILES string of the molecule is CCNC(=NCCCC(=O)N1Cc2ccccc2C1)Nc1ccc(OC)c(OCC)c1.I. The lowest BCUT2D eigenvalue weighted by Gasteiger charge is -2.16. The van der Waals surface area contributed by atoms with Crippen molar-refractivity contribution in [3.63, 3.8) is 0 Å². The van der Waals surface area contributed by atoms with Gasteiger partial charge in [-0.3, -0.25) is 9.79 Å². The molecule has 2 aromatic rings. The minimum atomic E-state index is 0. The Morgan fingerprint density at radius 1 is 1.09 bits per heavy atom. The Morgan fingerprint density at radius 3 is 2.44 bits per heavy atom. The first-order chi connectivity index (χ1) is 15.1. The molecule has 2 aromatic carbocycles. The summed E-state index contributed by atoms with van der Waals surface area (Å²) in [5.41, 5.74) is 3.35. The third-order valence-electron chi connectivity index (χ3n) is 5.08. The Morgan fingerprint density at radius 2 is 1.81 bits per heavy atom. The zero-order valence-corrected chi connectivity index (χ0v) is 21.3. The molecular weight excluding hydrogens is 519 g/mol. The number of rotatable bonds is 9. The molecule has 0 bridgehead atoms. The minimum Gasteiger partial charge on any atom is -0.493 e. The number of aliphatic imine (C=N–C) groups is 1. The van der Waals surface area contributed by atoms with Gasteiger partial charge in [-0.2, -0.15) is 0 Å². The molecular formula is C24H33IN4O3. The summed E-state index contributed by atoms with van der Waals surface area (Å²) in [6.45, 7) is 7.24. The number of methoxy groups -OCH3 is 1. The smallest absolute Gasteiger partial charge is 0.223 e. The number of guanidine groups is 1. The molecule has 0 radical (unpaired) electrons. The standard InChI is InChI=1S/C24H32N4O3.HI/c1-4-25-24(27-20-12-13-21(30-3)22(15-20)31-5-2)26-14-8-11-23(29)28-16-18-9-6-7-10-19(18)17-28;/h6-7,9-10,12-13,15H,4-5,8,11,14,16-17H2,1-3H3,(H2,25,26,27);1H. The number of amides is 1. The number of hydrogen-bond donors (Lipinski definition) is 2. The van der Waals surface area contributed by atoms with Gasteiger partial charge in [0.25, 0.3) is 0 Å². The van der Waals surface area contributed by atoms with Gasteiger partial charge in [-0.05, 0) is 43.5 Å². The van der Waals surface area contributed by atoms with E-state index in [9.17, 15) is 4.79 Å². The molecule has 0 spiro atoms. The van der Waals surface area contributed by atoms with Crippen molar-refractivity contribution in [2.75, 3.05) is 32.1 Å². The first-order valence-electron chi connectivity index (χ1n) is 10.8. The summed E-state index contributed by atoms with van der Waals surface area (Å²) in [5.74, 6) is 2.23. The van der Waals surface area contributed by atoms with Crippen LogP contribution in [0.3, 0.4) is 0 Å². The number of fused-ring (bicyclic) bond motifs is 1. The Bertz CT molecular complexity index is 895. The third kappa shape index (κ3) is 7.01. The van der Waals surface area contributed by atoms with E-state index >= 15 is 0 Å². The van der Waals surface area contributed by atoms with Crippen LogP contribution < -0.4 is 20.1 Å². The maximum Gasteiger partial charge on any atom is 0.223 e. The van der Waals surface area contributed by atoms with E-state index in [0.29, 0.717) is 56.5 Å². The van der Waals surface area contributed by atoms with E-state index < -0.39 is 0 Å². The lowest BCUT2D eigenvalue weighted by molar-refractivity contribution is -0.131.